The Morgan fingerprint density at radius 1 is 1.58 bits per heavy atom. The van der Waals surface area contributed by atoms with Crippen LogP contribution in [-0.2, 0) is 4.74 Å². The Hall–Kier alpha value is -1.75. The van der Waals surface area contributed by atoms with Gasteiger partial charge in [-0.3, -0.25) is 0 Å². The van der Waals surface area contributed by atoms with Crippen LogP contribution in [0.3, 0.4) is 0 Å². The molecular weight excluding hydrogens is 244 g/mol. The second-order valence-corrected chi connectivity index (χ2v) is 4.51. The summed E-state index contributed by atoms with van der Waals surface area (Å²) in [4.78, 5) is 13.9. The molecule has 0 bridgehead atoms. The van der Waals surface area contributed by atoms with Gasteiger partial charge in [0, 0.05) is 24.8 Å². The van der Waals surface area contributed by atoms with Gasteiger partial charge in [-0.05, 0) is 18.6 Å². The molecule has 0 aliphatic carbocycles. The van der Waals surface area contributed by atoms with Crippen LogP contribution in [-0.4, -0.2) is 43.8 Å². The minimum atomic E-state index is -0.0880. The number of hydrogen-bond acceptors (Lipinski definition) is 3. The van der Waals surface area contributed by atoms with Crippen molar-refractivity contribution in [1.29, 1.82) is 0 Å². The summed E-state index contributed by atoms with van der Waals surface area (Å²) in [5.74, 6) is 0.728. The Kier molecular flexibility index (Phi) is 4.63. The first-order valence-corrected chi connectivity index (χ1v) is 6.54. The highest BCUT2D eigenvalue weighted by atomic mass is 16.5. The number of ether oxygens (including phenoxy) is 2. The van der Waals surface area contributed by atoms with Crippen LogP contribution in [0.15, 0.2) is 24.3 Å². The van der Waals surface area contributed by atoms with Crippen LogP contribution in [0.1, 0.15) is 13.3 Å². The average molecular weight is 264 g/mol. The van der Waals surface area contributed by atoms with E-state index in [2.05, 4.69) is 12.2 Å². The molecule has 1 aliphatic rings. The summed E-state index contributed by atoms with van der Waals surface area (Å²) in [6.45, 7) is 3.94. The topological polar surface area (TPSA) is 50.8 Å². The highest BCUT2D eigenvalue weighted by molar-refractivity contribution is 5.89. The van der Waals surface area contributed by atoms with Gasteiger partial charge in [-0.2, -0.15) is 0 Å². The first-order valence-electron chi connectivity index (χ1n) is 6.54. The lowest BCUT2D eigenvalue weighted by Gasteiger charge is -2.32. The molecule has 1 heterocycles. The number of nitrogens with one attached hydrogen (secondary N) is 1. The van der Waals surface area contributed by atoms with E-state index in [1.807, 2.05) is 18.2 Å². The van der Waals surface area contributed by atoms with Gasteiger partial charge in [0.25, 0.3) is 0 Å². The number of urea groups is 1. The zero-order valence-electron chi connectivity index (χ0n) is 11.4. The van der Waals surface area contributed by atoms with Crippen molar-refractivity contribution in [3.8, 4) is 5.75 Å². The average Bonchev–Trinajstić information content (AvgIpc) is 2.47. The molecule has 1 saturated heterocycles. The number of morpholine rings is 1. The minimum Gasteiger partial charge on any atom is -0.497 e. The predicted molar refractivity (Wildman–Crippen MR) is 73.6 cm³/mol. The SMILES string of the molecule is CCC1CN(C(=O)Nc2cccc(OC)c2)CCO1. The van der Waals surface area contributed by atoms with Gasteiger partial charge in [0.15, 0.2) is 0 Å². The molecule has 2 amide bonds. The first kappa shape index (κ1) is 13.7. The van der Waals surface area contributed by atoms with Gasteiger partial charge in [0.2, 0.25) is 0 Å². The Morgan fingerprint density at radius 2 is 2.42 bits per heavy atom. The van der Waals surface area contributed by atoms with Crippen molar-refractivity contribution in [3.05, 3.63) is 24.3 Å². The van der Waals surface area contributed by atoms with Crippen molar-refractivity contribution >= 4 is 11.7 Å². The molecule has 1 atom stereocenters. The van der Waals surface area contributed by atoms with Crippen LogP contribution >= 0.6 is 0 Å². The van der Waals surface area contributed by atoms with E-state index in [1.54, 1.807) is 18.1 Å². The molecule has 0 saturated carbocycles. The molecule has 104 valence electrons. The zero-order chi connectivity index (χ0) is 13.7. The third kappa shape index (κ3) is 3.61. The number of nitrogens with zero attached hydrogens (tertiary/aromatic N) is 1. The number of anilines is 1. The number of rotatable bonds is 3. The molecule has 1 aromatic rings. The zero-order valence-corrected chi connectivity index (χ0v) is 11.4. The van der Waals surface area contributed by atoms with Crippen molar-refractivity contribution in [2.24, 2.45) is 0 Å². The molecule has 0 spiro atoms. The number of hydrogen-bond donors (Lipinski definition) is 1. The highest BCUT2D eigenvalue weighted by Crippen LogP contribution is 2.17. The summed E-state index contributed by atoms with van der Waals surface area (Å²) in [5, 5.41) is 2.88. The lowest BCUT2D eigenvalue weighted by molar-refractivity contribution is -0.0134. The van der Waals surface area contributed by atoms with Gasteiger partial charge in [-0.15, -0.1) is 0 Å². The van der Waals surface area contributed by atoms with E-state index in [4.69, 9.17) is 9.47 Å². The molecule has 2 rings (SSSR count). The van der Waals surface area contributed by atoms with Gasteiger partial charge < -0.3 is 19.7 Å². The number of carbonyl (C=O) groups is 1. The second kappa shape index (κ2) is 6.43. The third-order valence-corrected chi connectivity index (χ3v) is 3.20. The van der Waals surface area contributed by atoms with Gasteiger partial charge in [-0.1, -0.05) is 13.0 Å². The largest absolute Gasteiger partial charge is 0.497 e. The van der Waals surface area contributed by atoms with Crippen LogP contribution in [0.2, 0.25) is 0 Å². The van der Waals surface area contributed by atoms with E-state index in [1.165, 1.54) is 0 Å². The monoisotopic (exact) mass is 264 g/mol. The van der Waals surface area contributed by atoms with Crippen LogP contribution < -0.4 is 10.1 Å². The summed E-state index contributed by atoms with van der Waals surface area (Å²) in [5.41, 5.74) is 0.740. The third-order valence-electron chi connectivity index (χ3n) is 3.20. The molecule has 1 aliphatic heterocycles. The molecule has 1 N–H and O–H groups in total. The number of carbonyl (C=O) groups excluding carboxylic acids is 1. The van der Waals surface area contributed by atoms with E-state index in [0.717, 1.165) is 17.9 Å². The summed E-state index contributed by atoms with van der Waals surface area (Å²) >= 11 is 0. The summed E-state index contributed by atoms with van der Waals surface area (Å²) in [7, 11) is 1.61. The Labute approximate surface area is 113 Å². The predicted octanol–water partition coefficient (Wildman–Crippen LogP) is 2.34. The van der Waals surface area contributed by atoms with Crippen molar-refractivity contribution in [1.82, 2.24) is 4.90 Å². The van der Waals surface area contributed by atoms with E-state index in [0.29, 0.717) is 19.7 Å². The van der Waals surface area contributed by atoms with Crippen LogP contribution in [0.25, 0.3) is 0 Å². The van der Waals surface area contributed by atoms with E-state index in [9.17, 15) is 4.79 Å². The Bertz CT molecular complexity index is 436. The standard InChI is InChI=1S/C14H20N2O3/c1-3-12-10-16(7-8-19-12)14(17)15-11-5-4-6-13(9-11)18-2/h4-6,9,12H,3,7-8,10H2,1-2H3,(H,15,17). The summed E-state index contributed by atoms with van der Waals surface area (Å²) < 4.78 is 10.7. The van der Waals surface area contributed by atoms with Crippen molar-refractivity contribution < 1.29 is 14.3 Å². The Morgan fingerprint density at radius 3 is 3.16 bits per heavy atom. The maximum absolute atomic E-state index is 12.1. The molecule has 1 aromatic carbocycles. The maximum Gasteiger partial charge on any atom is 0.322 e. The lowest BCUT2D eigenvalue weighted by atomic mass is 10.2. The van der Waals surface area contributed by atoms with Gasteiger partial charge >= 0.3 is 6.03 Å². The molecule has 19 heavy (non-hydrogen) atoms. The molecule has 5 heteroatoms. The first-order chi connectivity index (χ1) is 9.22. The number of benzene rings is 1. The molecule has 1 unspecified atom stereocenters. The lowest BCUT2D eigenvalue weighted by Crippen LogP contribution is -2.47. The van der Waals surface area contributed by atoms with E-state index in [-0.39, 0.29) is 12.1 Å². The van der Waals surface area contributed by atoms with Gasteiger partial charge in [-0.25, -0.2) is 4.79 Å². The summed E-state index contributed by atoms with van der Waals surface area (Å²) in [6.07, 6.45) is 1.06. The number of amides is 2. The molecule has 0 radical (unpaired) electrons. The normalized spacial score (nSPS) is 19.1. The molecule has 5 nitrogen and oxygen atoms in total. The number of methoxy groups -OCH3 is 1. The van der Waals surface area contributed by atoms with Gasteiger partial charge in [0.05, 0.1) is 19.8 Å². The smallest absolute Gasteiger partial charge is 0.322 e. The minimum absolute atomic E-state index is 0.0880. The molecular formula is C14H20N2O3. The second-order valence-electron chi connectivity index (χ2n) is 4.51. The molecule has 0 aromatic heterocycles. The van der Waals surface area contributed by atoms with Crippen LogP contribution in [0.4, 0.5) is 10.5 Å². The van der Waals surface area contributed by atoms with E-state index >= 15 is 0 Å². The molecule has 1 fully saturated rings. The summed E-state index contributed by atoms with van der Waals surface area (Å²) in [6, 6.07) is 7.25. The fourth-order valence-corrected chi connectivity index (χ4v) is 2.05. The van der Waals surface area contributed by atoms with Crippen molar-refractivity contribution in [2.75, 3.05) is 32.1 Å². The highest BCUT2D eigenvalue weighted by Gasteiger charge is 2.22. The van der Waals surface area contributed by atoms with Gasteiger partial charge in [0.1, 0.15) is 5.75 Å². The van der Waals surface area contributed by atoms with Crippen LogP contribution in [0, 0.1) is 0 Å². The maximum atomic E-state index is 12.1. The van der Waals surface area contributed by atoms with E-state index < -0.39 is 0 Å². The fourth-order valence-electron chi connectivity index (χ4n) is 2.05. The quantitative estimate of drug-likeness (QED) is 0.911. The Balaban J connectivity index is 1.96. The van der Waals surface area contributed by atoms with Crippen molar-refractivity contribution in [3.63, 3.8) is 0 Å². The van der Waals surface area contributed by atoms with Crippen molar-refractivity contribution in [2.45, 2.75) is 19.4 Å². The van der Waals surface area contributed by atoms with Crippen LogP contribution in [0.5, 0.6) is 5.75 Å². The fraction of sp³-hybridized carbons (Fsp3) is 0.500.